The van der Waals surface area contributed by atoms with Crippen LogP contribution in [0.2, 0.25) is 0 Å². The molecule has 0 aliphatic carbocycles. The Hall–Kier alpha value is -2.78. The Balaban J connectivity index is 1.82. The van der Waals surface area contributed by atoms with Gasteiger partial charge in [0.15, 0.2) is 17.6 Å². The van der Waals surface area contributed by atoms with Crippen molar-refractivity contribution < 1.29 is 28.6 Å². The molecule has 0 saturated carbocycles. The first-order chi connectivity index (χ1) is 14.4. The second kappa shape index (κ2) is 9.82. The van der Waals surface area contributed by atoms with E-state index in [1.807, 2.05) is 6.92 Å². The van der Waals surface area contributed by atoms with Crippen LogP contribution in [-0.4, -0.2) is 38.9 Å². The smallest absolute Gasteiger partial charge is 0.344 e. The zero-order valence-electron chi connectivity index (χ0n) is 16.5. The summed E-state index contributed by atoms with van der Waals surface area (Å²) in [7, 11) is 0. The number of furan rings is 1. The second-order valence-electron chi connectivity index (χ2n) is 6.34. The van der Waals surface area contributed by atoms with Gasteiger partial charge in [0.05, 0.1) is 24.3 Å². The number of carboxylic acid groups (broad SMARTS) is 1. The summed E-state index contributed by atoms with van der Waals surface area (Å²) in [6.45, 7) is 4.22. The average Bonchev–Trinajstić information content (AvgIpc) is 3.31. The maximum absolute atomic E-state index is 12.8. The molecule has 1 amide bonds. The summed E-state index contributed by atoms with van der Waals surface area (Å²) in [5.74, 6) is 0.170. The third-order valence-electron chi connectivity index (χ3n) is 4.25. The van der Waals surface area contributed by atoms with E-state index >= 15 is 0 Å². The van der Waals surface area contributed by atoms with Crippen LogP contribution < -0.4 is 9.47 Å². The number of amides is 1. The summed E-state index contributed by atoms with van der Waals surface area (Å²) >= 11 is 6.56. The first-order valence-electron chi connectivity index (χ1n) is 9.37. The molecule has 7 nitrogen and oxygen atoms in total. The van der Waals surface area contributed by atoms with Gasteiger partial charge in [0.2, 0.25) is 0 Å². The Morgan fingerprint density at radius 1 is 1.33 bits per heavy atom. The number of carboxylic acids is 1. The van der Waals surface area contributed by atoms with E-state index in [2.05, 4.69) is 0 Å². The second-order valence-corrected chi connectivity index (χ2v) is 8.02. The van der Waals surface area contributed by atoms with Gasteiger partial charge in [0.25, 0.3) is 5.91 Å². The monoisotopic (exact) mass is 447 g/mol. The average molecular weight is 448 g/mol. The number of carbonyl (C=O) groups excluding carboxylic acids is 1. The molecule has 1 N–H and O–H groups in total. The number of carbonyl (C=O) groups is 2. The summed E-state index contributed by atoms with van der Waals surface area (Å²) in [5.41, 5.74) is 0.715. The Kier molecular flexibility index (Phi) is 7.17. The summed E-state index contributed by atoms with van der Waals surface area (Å²) in [6, 6.07) is 8.65. The molecule has 0 spiro atoms. The fraction of sp³-hybridized carbons (Fsp3) is 0.286. The van der Waals surface area contributed by atoms with Crippen LogP contribution in [0.15, 0.2) is 45.9 Å². The third-order valence-corrected chi connectivity index (χ3v) is 5.63. The van der Waals surface area contributed by atoms with Crippen molar-refractivity contribution >= 4 is 46.3 Å². The highest BCUT2D eigenvalue weighted by molar-refractivity contribution is 8.26. The van der Waals surface area contributed by atoms with E-state index in [9.17, 15) is 14.7 Å². The number of nitrogens with zero attached hydrogens (tertiary/aromatic N) is 1. The summed E-state index contributed by atoms with van der Waals surface area (Å²) in [4.78, 5) is 26.0. The van der Waals surface area contributed by atoms with Gasteiger partial charge in [-0.15, -0.1) is 0 Å². The van der Waals surface area contributed by atoms with E-state index in [1.165, 1.54) is 16.7 Å². The molecule has 2 heterocycles. The van der Waals surface area contributed by atoms with Crippen molar-refractivity contribution in [2.24, 2.45) is 0 Å². The van der Waals surface area contributed by atoms with Crippen LogP contribution >= 0.6 is 24.0 Å². The van der Waals surface area contributed by atoms with Crippen molar-refractivity contribution in [1.82, 2.24) is 4.90 Å². The van der Waals surface area contributed by atoms with E-state index in [0.29, 0.717) is 45.1 Å². The number of benzene rings is 1. The molecule has 1 unspecified atom stereocenters. The van der Waals surface area contributed by atoms with Gasteiger partial charge in [-0.1, -0.05) is 37.0 Å². The highest BCUT2D eigenvalue weighted by Gasteiger charge is 2.32. The number of hydrogen-bond donors (Lipinski definition) is 1. The van der Waals surface area contributed by atoms with Crippen molar-refractivity contribution in [2.75, 3.05) is 6.61 Å². The van der Waals surface area contributed by atoms with Gasteiger partial charge in [-0.25, -0.2) is 4.79 Å². The number of thioether (sulfide) groups is 1. The molecule has 158 valence electrons. The highest BCUT2D eigenvalue weighted by atomic mass is 32.2. The van der Waals surface area contributed by atoms with Crippen molar-refractivity contribution in [3.05, 3.63) is 52.8 Å². The molecule has 1 fully saturated rings. The van der Waals surface area contributed by atoms with Crippen molar-refractivity contribution in [3.63, 3.8) is 0 Å². The Labute approximate surface area is 183 Å². The zero-order chi connectivity index (χ0) is 21.7. The van der Waals surface area contributed by atoms with Crippen LogP contribution in [0.3, 0.4) is 0 Å². The van der Waals surface area contributed by atoms with E-state index < -0.39 is 12.1 Å². The first-order valence-corrected chi connectivity index (χ1v) is 10.6. The molecule has 1 atom stereocenters. The lowest BCUT2D eigenvalue weighted by Gasteiger charge is -2.17. The van der Waals surface area contributed by atoms with Gasteiger partial charge in [0, 0.05) is 0 Å². The lowest BCUT2D eigenvalue weighted by molar-refractivity contribution is -0.145. The molecule has 0 radical (unpaired) electrons. The number of aliphatic carboxylic acids is 1. The van der Waals surface area contributed by atoms with Crippen LogP contribution in [0.1, 0.15) is 31.6 Å². The van der Waals surface area contributed by atoms with Gasteiger partial charge < -0.3 is 19.0 Å². The number of hydrogen-bond acceptors (Lipinski definition) is 7. The number of rotatable bonds is 9. The molecule has 3 rings (SSSR count). The summed E-state index contributed by atoms with van der Waals surface area (Å²) < 4.78 is 17.0. The van der Waals surface area contributed by atoms with Gasteiger partial charge in [0.1, 0.15) is 10.1 Å². The van der Waals surface area contributed by atoms with Gasteiger partial charge in [-0.05, 0) is 49.2 Å². The molecule has 1 saturated heterocycles. The highest BCUT2D eigenvalue weighted by Crippen LogP contribution is 2.36. The third kappa shape index (κ3) is 5.03. The SMILES string of the molecule is CCOc1cc(/C=C2/SC(=S)N(Cc3ccco3)C2=O)ccc1OC(CC)C(=O)O. The Bertz CT molecular complexity index is 970. The van der Waals surface area contributed by atoms with Crippen LogP contribution in [0.25, 0.3) is 6.08 Å². The van der Waals surface area contributed by atoms with Crippen molar-refractivity contribution in [2.45, 2.75) is 32.9 Å². The Morgan fingerprint density at radius 2 is 2.13 bits per heavy atom. The molecule has 30 heavy (non-hydrogen) atoms. The molecule has 1 aromatic carbocycles. The predicted octanol–water partition coefficient (Wildman–Crippen LogP) is 4.32. The largest absolute Gasteiger partial charge is 0.490 e. The molecule has 1 aromatic heterocycles. The van der Waals surface area contributed by atoms with E-state index in [4.69, 9.17) is 26.1 Å². The zero-order valence-corrected chi connectivity index (χ0v) is 18.1. The molecular weight excluding hydrogens is 426 g/mol. The lowest BCUT2D eigenvalue weighted by atomic mass is 10.1. The number of thiocarbonyl (C=S) groups is 1. The fourth-order valence-corrected chi connectivity index (χ4v) is 4.04. The van der Waals surface area contributed by atoms with Crippen LogP contribution in [-0.2, 0) is 16.1 Å². The Morgan fingerprint density at radius 3 is 2.77 bits per heavy atom. The van der Waals surface area contributed by atoms with E-state index in [0.717, 1.165) is 0 Å². The van der Waals surface area contributed by atoms with Gasteiger partial charge in [-0.3, -0.25) is 9.69 Å². The summed E-state index contributed by atoms with van der Waals surface area (Å²) in [6.07, 6.45) is 2.63. The van der Waals surface area contributed by atoms with E-state index in [1.54, 1.807) is 49.6 Å². The molecule has 2 aromatic rings. The molecule has 1 aliphatic rings. The predicted molar refractivity (Wildman–Crippen MR) is 117 cm³/mol. The topological polar surface area (TPSA) is 89.2 Å². The molecular formula is C21H21NO6S2. The molecule has 1 aliphatic heterocycles. The van der Waals surface area contributed by atoms with Gasteiger partial charge >= 0.3 is 5.97 Å². The van der Waals surface area contributed by atoms with Crippen LogP contribution in [0.5, 0.6) is 11.5 Å². The normalized spacial score (nSPS) is 16.2. The fourth-order valence-electron chi connectivity index (χ4n) is 2.79. The van der Waals surface area contributed by atoms with Crippen molar-refractivity contribution in [1.29, 1.82) is 0 Å². The molecule has 0 bridgehead atoms. The molecule has 9 heteroatoms. The van der Waals surface area contributed by atoms with E-state index in [-0.39, 0.29) is 12.5 Å². The van der Waals surface area contributed by atoms with Crippen LogP contribution in [0.4, 0.5) is 0 Å². The van der Waals surface area contributed by atoms with Crippen LogP contribution in [0, 0.1) is 0 Å². The maximum Gasteiger partial charge on any atom is 0.344 e. The minimum Gasteiger partial charge on any atom is -0.490 e. The quantitative estimate of drug-likeness (QED) is 0.449. The van der Waals surface area contributed by atoms with Gasteiger partial charge in [-0.2, -0.15) is 0 Å². The minimum absolute atomic E-state index is 0.198. The lowest BCUT2D eigenvalue weighted by Crippen LogP contribution is -2.27. The first kappa shape index (κ1) is 21.9. The van der Waals surface area contributed by atoms with Crippen molar-refractivity contribution in [3.8, 4) is 11.5 Å². The standard InChI is InChI=1S/C21H21NO6S2/c1-3-15(20(24)25)28-16-8-7-13(10-17(16)26-4-2)11-18-19(23)22(21(29)30-18)12-14-6-5-9-27-14/h5-11,15H,3-4,12H2,1-2H3,(H,24,25)/b18-11+. The minimum atomic E-state index is -1.04. The summed E-state index contributed by atoms with van der Waals surface area (Å²) in [5, 5.41) is 9.23. The number of ether oxygens (including phenoxy) is 2. The maximum atomic E-state index is 12.8.